The van der Waals surface area contributed by atoms with Gasteiger partial charge in [0.1, 0.15) is 0 Å². The van der Waals surface area contributed by atoms with Crippen LogP contribution < -0.4 is 4.72 Å². The molecule has 0 amide bonds. The second kappa shape index (κ2) is 9.22. The molecule has 0 saturated carbocycles. The van der Waals surface area contributed by atoms with Gasteiger partial charge in [0.05, 0.1) is 33.4 Å². The molecule has 108 valence electrons. The van der Waals surface area contributed by atoms with Crippen molar-refractivity contribution in [3.8, 4) is 0 Å². The number of aliphatic hydroxyl groups excluding tert-OH is 1. The molecule has 2 N–H and O–H groups in total. The molecule has 0 saturated heterocycles. The highest BCUT2D eigenvalue weighted by atomic mass is 32.2. The second-order valence-electron chi connectivity index (χ2n) is 3.38. The Morgan fingerprint density at radius 3 is 2.61 bits per heavy atom. The van der Waals surface area contributed by atoms with Crippen LogP contribution in [0.4, 0.5) is 0 Å². The molecule has 18 heavy (non-hydrogen) atoms. The zero-order valence-corrected chi connectivity index (χ0v) is 11.4. The summed E-state index contributed by atoms with van der Waals surface area (Å²) in [6, 6.07) is 0. The molecule has 0 aromatic rings. The van der Waals surface area contributed by atoms with E-state index in [1.807, 2.05) is 0 Å². The van der Waals surface area contributed by atoms with Crippen molar-refractivity contribution in [2.24, 2.45) is 0 Å². The van der Waals surface area contributed by atoms with Gasteiger partial charge < -0.3 is 14.6 Å². The highest BCUT2D eigenvalue weighted by Gasteiger charge is 2.17. The molecule has 0 spiro atoms. The molecule has 0 aromatic carbocycles. The quantitative estimate of drug-likeness (QED) is 0.367. The van der Waals surface area contributed by atoms with E-state index < -0.39 is 16.2 Å². The molecule has 0 radical (unpaired) electrons. The Kier molecular flexibility index (Phi) is 8.85. The van der Waals surface area contributed by atoms with Crippen molar-refractivity contribution in [1.82, 2.24) is 9.03 Å². The summed E-state index contributed by atoms with van der Waals surface area (Å²) in [6.07, 6.45) is -0.00504. The molecule has 0 fully saturated rings. The molecule has 0 aliphatic rings. The molecule has 0 aliphatic carbocycles. The fraction of sp³-hybridized carbons (Fsp3) is 0.889. The summed E-state index contributed by atoms with van der Waals surface area (Å²) in [6.45, 7) is 0.376. The SMILES string of the molecule is COC(=O)CCN(C)S(=O)(=O)NCCOCCO. The van der Waals surface area contributed by atoms with Gasteiger partial charge >= 0.3 is 5.97 Å². The number of ether oxygens (including phenoxy) is 2. The smallest absolute Gasteiger partial charge is 0.306 e. The largest absolute Gasteiger partial charge is 0.469 e. The van der Waals surface area contributed by atoms with Crippen molar-refractivity contribution in [2.45, 2.75) is 6.42 Å². The normalized spacial score (nSPS) is 11.8. The highest BCUT2D eigenvalue weighted by molar-refractivity contribution is 7.87. The lowest BCUT2D eigenvalue weighted by Crippen LogP contribution is -2.40. The van der Waals surface area contributed by atoms with Gasteiger partial charge in [0.25, 0.3) is 10.2 Å². The van der Waals surface area contributed by atoms with Gasteiger partial charge in [-0.25, -0.2) is 0 Å². The number of nitrogens with zero attached hydrogens (tertiary/aromatic N) is 1. The third kappa shape index (κ3) is 7.56. The third-order valence-corrected chi connectivity index (χ3v) is 3.61. The lowest BCUT2D eigenvalue weighted by atomic mass is 10.4. The van der Waals surface area contributed by atoms with Gasteiger partial charge in [-0.05, 0) is 0 Å². The van der Waals surface area contributed by atoms with Gasteiger partial charge in [-0.1, -0.05) is 0 Å². The molecule has 0 unspecified atom stereocenters. The van der Waals surface area contributed by atoms with Crippen LogP contribution in [0.3, 0.4) is 0 Å². The van der Waals surface area contributed by atoms with E-state index in [4.69, 9.17) is 9.84 Å². The van der Waals surface area contributed by atoms with E-state index in [2.05, 4.69) is 9.46 Å². The number of methoxy groups -OCH3 is 1. The monoisotopic (exact) mass is 284 g/mol. The number of rotatable bonds is 10. The van der Waals surface area contributed by atoms with Crippen molar-refractivity contribution < 1.29 is 27.8 Å². The molecular weight excluding hydrogens is 264 g/mol. The molecule has 9 heteroatoms. The van der Waals surface area contributed by atoms with Crippen LogP contribution in [-0.2, 0) is 24.5 Å². The van der Waals surface area contributed by atoms with E-state index >= 15 is 0 Å². The van der Waals surface area contributed by atoms with Crippen molar-refractivity contribution in [3.05, 3.63) is 0 Å². The van der Waals surface area contributed by atoms with Crippen molar-refractivity contribution in [2.75, 3.05) is 47.1 Å². The minimum Gasteiger partial charge on any atom is -0.469 e. The number of carbonyl (C=O) groups excluding carboxylic acids is 1. The summed E-state index contributed by atoms with van der Waals surface area (Å²) in [5.41, 5.74) is 0. The Hall–Kier alpha value is -0.740. The first-order valence-electron chi connectivity index (χ1n) is 5.40. The summed E-state index contributed by atoms with van der Waals surface area (Å²) in [7, 11) is -1.01. The predicted molar refractivity (Wildman–Crippen MR) is 64.1 cm³/mol. The number of carbonyl (C=O) groups is 1. The second-order valence-corrected chi connectivity index (χ2v) is 5.25. The van der Waals surface area contributed by atoms with Gasteiger partial charge in [-0.15, -0.1) is 0 Å². The van der Waals surface area contributed by atoms with E-state index in [1.54, 1.807) is 0 Å². The van der Waals surface area contributed by atoms with Crippen molar-refractivity contribution in [1.29, 1.82) is 0 Å². The maximum atomic E-state index is 11.6. The molecule has 0 bridgehead atoms. The van der Waals surface area contributed by atoms with E-state index in [-0.39, 0.29) is 39.3 Å². The van der Waals surface area contributed by atoms with Gasteiger partial charge in [-0.2, -0.15) is 17.4 Å². The maximum Gasteiger partial charge on any atom is 0.306 e. The van der Waals surface area contributed by atoms with Crippen molar-refractivity contribution >= 4 is 16.2 Å². The van der Waals surface area contributed by atoms with Crippen LogP contribution in [-0.4, -0.2) is 70.9 Å². The zero-order chi connectivity index (χ0) is 14.0. The molecular formula is C9H20N2O6S. The van der Waals surface area contributed by atoms with Crippen LogP contribution in [0, 0.1) is 0 Å². The minimum absolute atomic E-state index is 0.00504. The summed E-state index contributed by atoms with van der Waals surface area (Å²) in [4.78, 5) is 10.9. The first-order chi connectivity index (χ1) is 8.44. The van der Waals surface area contributed by atoms with Crippen molar-refractivity contribution in [3.63, 3.8) is 0 Å². The summed E-state index contributed by atoms with van der Waals surface area (Å²) < 4.78 is 35.9. The average Bonchev–Trinajstić information content (AvgIpc) is 2.34. The van der Waals surface area contributed by atoms with E-state index in [9.17, 15) is 13.2 Å². The summed E-state index contributed by atoms with van der Waals surface area (Å²) in [5.74, 6) is -0.469. The van der Waals surface area contributed by atoms with E-state index in [0.29, 0.717) is 0 Å². The average molecular weight is 284 g/mol. The number of esters is 1. The van der Waals surface area contributed by atoms with Gasteiger partial charge in [0.2, 0.25) is 0 Å². The van der Waals surface area contributed by atoms with Crippen LogP contribution >= 0.6 is 0 Å². The minimum atomic E-state index is -3.62. The summed E-state index contributed by atoms with van der Waals surface area (Å²) >= 11 is 0. The third-order valence-electron chi connectivity index (χ3n) is 2.04. The lowest BCUT2D eigenvalue weighted by Gasteiger charge is -2.16. The first kappa shape index (κ1) is 17.3. The number of hydrogen-bond donors (Lipinski definition) is 2. The maximum absolute atomic E-state index is 11.6. The number of aliphatic hydroxyl groups is 1. The Bertz CT molecular complexity index is 332. The Morgan fingerprint density at radius 2 is 2.06 bits per heavy atom. The van der Waals surface area contributed by atoms with Crippen LogP contribution in [0.1, 0.15) is 6.42 Å². The topological polar surface area (TPSA) is 105 Å². The van der Waals surface area contributed by atoms with E-state index in [1.165, 1.54) is 14.2 Å². The number of hydrogen-bond acceptors (Lipinski definition) is 6. The van der Waals surface area contributed by atoms with Crippen LogP contribution in [0.5, 0.6) is 0 Å². The molecule has 0 atom stereocenters. The van der Waals surface area contributed by atoms with Crippen LogP contribution in [0.15, 0.2) is 0 Å². The molecule has 0 aromatic heterocycles. The first-order valence-corrected chi connectivity index (χ1v) is 6.84. The molecule has 0 rings (SSSR count). The fourth-order valence-corrected chi connectivity index (χ4v) is 1.88. The van der Waals surface area contributed by atoms with Crippen LogP contribution in [0.25, 0.3) is 0 Å². The standard InChI is InChI=1S/C9H20N2O6S/c1-11(5-3-9(13)16-2)18(14,15)10-4-7-17-8-6-12/h10,12H,3-8H2,1-2H3. The lowest BCUT2D eigenvalue weighted by molar-refractivity contribution is -0.140. The Balaban J connectivity index is 3.92. The predicted octanol–water partition coefficient (Wildman–Crippen LogP) is -1.68. The molecule has 0 aliphatic heterocycles. The fourth-order valence-electron chi connectivity index (χ4n) is 0.991. The van der Waals surface area contributed by atoms with Gasteiger partial charge in [-0.3, -0.25) is 4.79 Å². The van der Waals surface area contributed by atoms with Gasteiger partial charge in [0.15, 0.2) is 0 Å². The Morgan fingerprint density at radius 1 is 1.39 bits per heavy atom. The van der Waals surface area contributed by atoms with Crippen LogP contribution in [0.2, 0.25) is 0 Å². The highest BCUT2D eigenvalue weighted by Crippen LogP contribution is 1.96. The zero-order valence-electron chi connectivity index (χ0n) is 10.6. The summed E-state index contributed by atoms with van der Waals surface area (Å²) in [5, 5.41) is 8.44. The molecule has 0 heterocycles. The van der Waals surface area contributed by atoms with Gasteiger partial charge in [0, 0.05) is 20.1 Å². The molecule has 8 nitrogen and oxygen atoms in total. The number of nitrogens with one attached hydrogen (secondary N) is 1. The van der Waals surface area contributed by atoms with E-state index in [0.717, 1.165) is 4.31 Å². The Labute approximate surface area is 107 Å².